The first-order valence-electron chi connectivity index (χ1n) is 5.82. The van der Waals surface area contributed by atoms with Crippen LogP contribution in [0.2, 0.25) is 0 Å². The number of hydrogen-bond acceptors (Lipinski definition) is 4. The Bertz CT molecular complexity index is 374. The molecule has 1 fully saturated rings. The van der Waals surface area contributed by atoms with Gasteiger partial charge in [-0.25, -0.2) is 12.7 Å². The molecule has 7 heteroatoms. The summed E-state index contributed by atoms with van der Waals surface area (Å²) in [5.74, 6) is -0.236. The van der Waals surface area contributed by atoms with Crippen molar-refractivity contribution < 1.29 is 13.6 Å². The van der Waals surface area contributed by atoms with Crippen LogP contribution in [0, 0.1) is 5.92 Å². The largest absolute Gasteiger partial charge is 0.409 e. The number of oxime groups is 1. The average molecular weight is 263 g/mol. The highest BCUT2D eigenvalue weighted by Gasteiger charge is 2.32. The summed E-state index contributed by atoms with van der Waals surface area (Å²) in [6, 6.07) is 0. The molecule has 0 aromatic rings. The lowest BCUT2D eigenvalue weighted by Crippen LogP contribution is -2.40. The molecular formula is C10H21N3O3S. The van der Waals surface area contributed by atoms with E-state index in [-0.39, 0.29) is 23.5 Å². The smallest absolute Gasteiger partial charge is 0.216 e. The van der Waals surface area contributed by atoms with E-state index in [1.54, 1.807) is 14.0 Å². The topological polar surface area (TPSA) is 96.0 Å². The second kappa shape index (κ2) is 5.68. The molecular weight excluding hydrogens is 242 g/mol. The molecule has 0 spiro atoms. The van der Waals surface area contributed by atoms with Gasteiger partial charge in [0.1, 0.15) is 5.84 Å². The van der Waals surface area contributed by atoms with E-state index < -0.39 is 10.0 Å². The maximum Gasteiger partial charge on any atom is 0.216 e. The van der Waals surface area contributed by atoms with Gasteiger partial charge in [0.25, 0.3) is 0 Å². The van der Waals surface area contributed by atoms with E-state index in [1.165, 1.54) is 4.31 Å². The van der Waals surface area contributed by atoms with Gasteiger partial charge < -0.3 is 10.9 Å². The van der Waals surface area contributed by atoms with Gasteiger partial charge in [0.2, 0.25) is 10.0 Å². The van der Waals surface area contributed by atoms with Crippen LogP contribution in [0.15, 0.2) is 5.16 Å². The molecule has 100 valence electrons. The number of sulfonamides is 1. The van der Waals surface area contributed by atoms with Crippen LogP contribution in [0.1, 0.15) is 32.6 Å². The van der Waals surface area contributed by atoms with E-state index in [0.717, 1.165) is 25.7 Å². The van der Waals surface area contributed by atoms with Crippen molar-refractivity contribution in [2.24, 2.45) is 16.8 Å². The minimum atomic E-state index is -3.23. The highest BCUT2D eigenvalue weighted by Crippen LogP contribution is 2.26. The van der Waals surface area contributed by atoms with E-state index in [0.29, 0.717) is 0 Å². The molecule has 0 heterocycles. The first kappa shape index (κ1) is 14.2. The minimum Gasteiger partial charge on any atom is -0.409 e. The molecule has 0 aromatic carbocycles. The van der Waals surface area contributed by atoms with Crippen molar-refractivity contribution in [3.63, 3.8) is 0 Å². The summed E-state index contributed by atoms with van der Waals surface area (Å²) in [5.41, 5.74) is 5.44. The molecule has 0 bridgehead atoms. The van der Waals surface area contributed by atoms with Gasteiger partial charge in [-0.1, -0.05) is 24.9 Å². The van der Waals surface area contributed by atoms with Crippen molar-refractivity contribution in [2.75, 3.05) is 13.6 Å². The van der Waals surface area contributed by atoms with Gasteiger partial charge in [-0.3, -0.25) is 0 Å². The van der Waals surface area contributed by atoms with Crippen LogP contribution >= 0.6 is 0 Å². The minimum absolute atomic E-state index is 0.0541. The molecule has 1 rings (SSSR count). The summed E-state index contributed by atoms with van der Waals surface area (Å²) in [5, 5.41) is 11.2. The van der Waals surface area contributed by atoms with Crippen LogP contribution in [0.5, 0.6) is 0 Å². The quantitative estimate of drug-likeness (QED) is 0.328. The van der Waals surface area contributed by atoms with Gasteiger partial charge in [-0.05, 0) is 12.8 Å². The number of amidine groups is 1. The summed E-state index contributed by atoms with van der Waals surface area (Å²) >= 11 is 0. The zero-order chi connectivity index (χ0) is 13.1. The Morgan fingerprint density at radius 3 is 2.53 bits per heavy atom. The molecule has 0 saturated heterocycles. The van der Waals surface area contributed by atoms with Gasteiger partial charge in [0.05, 0.1) is 5.25 Å². The molecule has 1 aliphatic carbocycles. The van der Waals surface area contributed by atoms with Crippen LogP contribution in [-0.4, -0.2) is 42.6 Å². The molecule has 1 atom stereocenters. The number of nitrogens with zero attached hydrogens (tertiary/aromatic N) is 2. The lowest BCUT2D eigenvalue weighted by atomic mass is 10.2. The average Bonchev–Trinajstić information content (AvgIpc) is 2.81. The van der Waals surface area contributed by atoms with E-state index >= 15 is 0 Å². The highest BCUT2D eigenvalue weighted by atomic mass is 32.2. The molecule has 0 aliphatic heterocycles. The van der Waals surface area contributed by atoms with Crippen LogP contribution in [0.25, 0.3) is 0 Å². The Labute approximate surface area is 103 Å². The standard InChI is InChI=1S/C10H21N3O3S/c1-8(10(11)12-14)7-13(2)17(15,16)9-5-3-4-6-9/h8-9,14H,3-7H2,1-2H3,(H2,11,12). The Balaban J connectivity index is 2.66. The Morgan fingerprint density at radius 2 is 2.06 bits per heavy atom. The summed E-state index contributed by atoms with van der Waals surface area (Å²) in [7, 11) is -1.68. The van der Waals surface area contributed by atoms with Crippen molar-refractivity contribution in [3.05, 3.63) is 0 Å². The van der Waals surface area contributed by atoms with Crippen LogP contribution in [0.4, 0.5) is 0 Å². The lowest BCUT2D eigenvalue weighted by Gasteiger charge is -2.23. The molecule has 17 heavy (non-hydrogen) atoms. The molecule has 0 amide bonds. The molecule has 0 radical (unpaired) electrons. The summed E-state index contributed by atoms with van der Waals surface area (Å²) in [6.07, 6.45) is 3.44. The van der Waals surface area contributed by atoms with Gasteiger partial charge in [0, 0.05) is 19.5 Å². The monoisotopic (exact) mass is 263 g/mol. The number of nitrogens with two attached hydrogens (primary N) is 1. The van der Waals surface area contributed by atoms with Crippen LogP contribution < -0.4 is 5.73 Å². The molecule has 0 aromatic heterocycles. The molecule has 1 saturated carbocycles. The van der Waals surface area contributed by atoms with Crippen molar-refractivity contribution >= 4 is 15.9 Å². The van der Waals surface area contributed by atoms with Crippen molar-refractivity contribution in [1.82, 2.24) is 4.31 Å². The molecule has 3 N–H and O–H groups in total. The Morgan fingerprint density at radius 1 is 1.53 bits per heavy atom. The summed E-state index contributed by atoms with van der Waals surface area (Å²) in [4.78, 5) is 0. The van der Waals surface area contributed by atoms with Crippen molar-refractivity contribution in [2.45, 2.75) is 37.9 Å². The second-order valence-electron chi connectivity index (χ2n) is 4.66. The zero-order valence-electron chi connectivity index (χ0n) is 10.3. The van der Waals surface area contributed by atoms with Crippen LogP contribution in [0.3, 0.4) is 0 Å². The van der Waals surface area contributed by atoms with E-state index in [1.807, 2.05) is 0 Å². The fraction of sp³-hybridized carbons (Fsp3) is 0.900. The third kappa shape index (κ3) is 3.32. The van der Waals surface area contributed by atoms with Gasteiger partial charge >= 0.3 is 0 Å². The number of rotatable bonds is 5. The van der Waals surface area contributed by atoms with Crippen molar-refractivity contribution in [3.8, 4) is 0 Å². The third-order valence-corrected chi connectivity index (χ3v) is 5.64. The molecule has 6 nitrogen and oxygen atoms in total. The first-order chi connectivity index (χ1) is 7.89. The summed E-state index contributed by atoms with van der Waals surface area (Å²) < 4.78 is 25.6. The predicted molar refractivity (Wildman–Crippen MR) is 66.4 cm³/mol. The maximum absolute atomic E-state index is 12.2. The Kier molecular flexibility index (Phi) is 4.76. The van der Waals surface area contributed by atoms with Gasteiger partial charge in [0.15, 0.2) is 0 Å². The van der Waals surface area contributed by atoms with E-state index in [2.05, 4.69) is 5.16 Å². The van der Waals surface area contributed by atoms with Crippen molar-refractivity contribution in [1.29, 1.82) is 0 Å². The SMILES string of the molecule is CC(CN(C)S(=O)(=O)C1CCCC1)C(N)=NO. The predicted octanol–water partition coefficient (Wildman–Crippen LogP) is 0.573. The fourth-order valence-electron chi connectivity index (χ4n) is 2.12. The van der Waals surface area contributed by atoms with Gasteiger partial charge in [-0.15, -0.1) is 0 Å². The lowest BCUT2D eigenvalue weighted by molar-refractivity contribution is 0.312. The summed E-state index contributed by atoms with van der Waals surface area (Å²) in [6.45, 7) is 1.98. The van der Waals surface area contributed by atoms with Gasteiger partial charge in [-0.2, -0.15) is 0 Å². The molecule has 1 aliphatic rings. The Hall–Kier alpha value is -0.820. The zero-order valence-corrected chi connectivity index (χ0v) is 11.2. The number of hydrogen-bond donors (Lipinski definition) is 2. The highest BCUT2D eigenvalue weighted by molar-refractivity contribution is 7.89. The first-order valence-corrected chi connectivity index (χ1v) is 7.32. The third-order valence-electron chi connectivity index (χ3n) is 3.31. The second-order valence-corrected chi connectivity index (χ2v) is 6.98. The molecule has 1 unspecified atom stereocenters. The van der Waals surface area contributed by atoms with E-state index in [9.17, 15) is 8.42 Å². The van der Waals surface area contributed by atoms with E-state index in [4.69, 9.17) is 10.9 Å². The fourth-order valence-corrected chi connectivity index (χ4v) is 3.99. The van der Waals surface area contributed by atoms with Crippen LogP contribution in [-0.2, 0) is 10.0 Å². The maximum atomic E-state index is 12.2. The normalized spacial score (nSPS) is 21.0.